The van der Waals surface area contributed by atoms with Crippen molar-refractivity contribution in [2.45, 2.75) is 6.92 Å². The van der Waals surface area contributed by atoms with Crippen LogP contribution < -0.4 is 5.32 Å². The Hall–Kier alpha value is -2.47. The Labute approximate surface area is 124 Å². The SMILES string of the molecule is Cc1ccc(NC(=O)c2sccc2C=CC(=O)O)c(F)c1. The molecule has 0 aliphatic rings. The van der Waals surface area contributed by atoms with Gasteiger partial charge in [-0.3, -0.25) is 4.79 Å². The second kappa shape index (κ2) is 6.32. The van der Waals surface area contributed by atoms with Crippen LogP contribution in [0.3, 0.4) is 0 Å². The number of halogens is 1. The molecule has 0 saturated heterocycles. The number of carbonyl (C=O) groups is 2. The zero-order valence-corrected chi connectivity index (χ0v) is 11.9. The van der Waals surface area contributed by atoms with E-state index < -0.39 is 17.7 Å². The third kappa shape index (κ3) is 3.76. The molecule has 0 saturated carbocycles. The van der Waals surface area contributed by atoms with Crippen LogP contribution in [-0.2, 0) is 4.79 Å². The number of hydrogen-bond acceptors (Lipinski definition) is 3. The van der Waals surface area contributed by atoms with E-state index in [0.29, 0.717) is 10.4 Å². The first-order valence-corrected chi connectivity index (χ1v) is 6.91. The second-order valence-corrected chi connectivity index (χ2v) is 5.23. The van der Waals surface area contributed by atoms with Crippen molar-refractivity contribution in [3.63, 3.8) is 0 Å². The average Bonchev–Trinajstić information content (AvgIpc) is 2.88. The van der Waals surface area contributed by atoms with E-state index in [-0.39, 0.29) is 5.69 Å². The summed E-state index contributed by atoms with van der Waals surface area (Å²) in [5.74, 6) is -2.09. The maximum Gasteiger partial charge on any atom is 0.328 e. The van der Waals surface area contributed by atoms with Gasteiger partial charge in [-0.25, -0.2) is 9.18 Å². The monoisotopic (exact) mass is 305 g/mol. The largest absolute Gasteiger partial charge is 0.478 e. The van der Waals surface area contributed by atoms with Gasteiger partial charge in [0.15, 0.2) is 0 Å². The predicted molar refractivity (Wildman–Crippen MR) is 80.1 cm³/mol. The number of carbonyl (C=O) groups excluding carboxylic acids is 1. The van der Waals surface area contributed by atoms with E-state index >= 15 is 0 Å². The van der Waals surface area contributed by atoms with Gasteiger partial charge in [-0.05, 0) is 47.7 Å². The molecule has 108 valence electrons. The van der Waals surface area contributed by atoms with Crippen LogP contribution in [0, 0.1) is 12.7 Å². The van der Waals surface area contributed by atoms with Gasteiger partial charge in [0.05, 0.1) is 10.6 Å². The fourth-order valence-corrected chi connectivity index (χ4v) is 2.48. The Balaban J connectivity index is 2.21. The number of amides is 1. The van der Waals surface area contributed by atoms with Crippen molar-refractivity contribution in [2.75, 3.05) is 5.32 Å². The first kappa shape index (κ1) is 14.9. The third-order valence-electron chi connectivity index (χ3n) is 2.68. The molecule has 2 N–H and O–H groups in total. The lowest BCUT2D eigenvalue weighted by Crippen LogP contribution is -2.12. The molecule has 1 amide bonds. The van der Waals surface area contributed by atoms with Gasteiger partial charge in [-0.2, -0.15) is 0 Å². The molecule has 0 radical (unpaired) electrons. The van der Waals surface area contributed by atoms with Crippen LogP contribution in [0.4, 0.5) is 10.1 Å². The number of nitrogens with one attached hydrogen (secondary N) is 1. The Morgan fingerprint density at radius 2 is 2.10 bits per heavy atom. The molecule has 21 heavy (non-hydrogen) atoms. The molecule has 0 aliphatic heterocycles. The van der Waals surface area contributed by atoms with Crippen molar-refractivity contribution >= 4 is 35.0 Å². The van der Waals surface area contributed by atoms with Gasteiger partial charge < -0.3 is 10.4 Å². The van der Waals surface area contributed by atoms with Gasteiger partial charge in [-0.1, -0.05) is 6.07 Å². The van der Waals surface area contributed by atoms with Crippen LogP contribution in [-0.4, -0.2) is 17.0 Å². The van der Waals surface area contributed by atoms with Crippen LogP contribution in [0.25, 0.3) is 6.08 Å². The Morgan fingerprint density at radius 1 is 1.33 bits per heavy atom. The molecule has 1 heterocycles. The molecular formula is C15H12FNO3S. The number of aryl methyl sites for hydroxylation is 1. The lowest BCUT2D eigenvalue weighted by Gasteiger charge is -2.06. The molecule has 0 fully saturated rings. The standard InChI is InChI=1S/C15H12FNO3S/c1-9-2-4-12(11(16)8-9)17-15(20)14-10(6-7-21-14)3-5-13(18)19/h2-8H,1H3,(H,17,20)(H,18,19). The Morgan fingerprint density at radius 3 is 2.76 bits per heavy atom. The van der Waals surface area contributed by atoms with Crippen molar-refractivity contribution < 1.29 is 19.1 Å². The fraction of sp³-hybridized carbons (Fsp3) is 0.0667. The highest BCUT2D eigenvalue weighted by Gasteiger charge is 2.14. The highest BCUT2D eigenvalue weighted by molar-refractivity contribution is 7.12. The highest BCUT2D eigenvalue weighted by atomic mass is 32.1. The zero-order chi connectivity index (χ0) is 15.4. The third-order valence-corrected chi connectivity index (χ3v) is 3.61. The quantitative estimate of drug-likeness (QED) is 0.849. The predicted octanol–water partition coefficient (Wildman–Crippen LogP) is 3.55. The molecule has 4 nitrogen and oxygen atoms in total. The van der Waals surface area contributed by atoms with Crippen LogP contribution in [0.2, 0.25) is 0 Å². The molecule has 1 aromatic heterocycles. The first-order valence-electron chi connectivity index (χ1n) is 6.03. The minimum Gasteiger partial charge on any atom is -0.478 e. The molecule has 1 aromatic carbocycles. The molecule has 0 spiro atoms. The normalized spacial score (nSPS) is 10.8. The minimum absolute atomic E-state index is 0.0900. The average molecular weight is 305 g/mol. The van der Waals surface area contributed by atoms with Crippen LogP contribution >= 0.6 is 11.3 Å². The molecule has 0 aliphatic carbocycles. The number of carboxylic acid groups (broad SMARTS) is 1. The number of anilines is 1. The van der Waals surface area contributed by atoms with Crippen LogP contribution in [0.15, 0.2) is 35.7 Å². The van der Waals surface area contributed by atoms with Crippen molar-refractivity contribution in [1.29, 1.82) is 0 Å². The summed E-state index contributed by atoms with van der Waals surface area (Å²) in [7, 11) is 0. The lowest BCUT2D eigenvalue weighted by atomic mass is 10.2. The first-order chi connectivity index (χ1) is 9.97. The van der Waals surface area contributed by atoms with Crippen molar-refractivity contribution in [3.05, 3.63) is 57.5 Å². The van der Waals surface area contributed by atoms with E-state index in [0.717, 1.165) is 23.0 Å². The maximum absolute atomic E-state index is 13.7. The number of carboxylic acids is 1. The van der Waals surface area contributed by atoms with Gasteiger partial charge in [0.1, 0.15) is 5.82 Å². The molecule has 2 aromatic rings. The zero-order valence-electron chi connectivity index (χ0n) is 11.1. The minimum atomic E-state index is -1.10. The summed E-state index contributed by atoms with van der Waals surface area (Å²) in [4.78, 5) is 23.0. The number of benzene rings is 1. The van der Waals surface area contributed by atoms with Gasteiger partial charge in [0.25, 0.3) is 5.91 Å². The molecule has 2 rings (SSSR count). The number of rotatable bonds is 4. The molecule has 0 unspecified atom stereocenters. The van der Waals surface area contributed by atoms with Crippen molar-refractivity contribution in [1.82, 2.24) is 0 Å². The van der Waals surface area contributed by atoms with Gasteiger partial charge >= 0.3 is 5.97 Å². The van der Waals surface area contributed by atoms with Gasteiger partial charge in [-0.15, -0.1) is 11.3 Å². The van der Waals surface area contributed by atoms with Crippen molar-refractivity contribution in [2.24, 2.45) is 0 Å². The summed E-state index contributed by atoms with van der Waals surface area (Å²) >= 11 is 1.16. The smallest absolute Gasteiger partial charge is 0.328 e. The fourth-order valence-electron chi connectivity index (χ4n) is 1.70. The Kier molecular flexibility index (Phi) is 4.49. The van der Waals surface area contributed by atoms with E-state index in [9.17, 15) is 14.0 Å². The maximum atomic E-state index is 13.7. The number of aliphatic carboxylic acids is 1. The molecule has 6 heteroatoms. The number of hydrogen-bond donors (Lipinski definition) is 2. The van der Waals surface area contributed by atoms with Crippen LogP contribution in [0.5, 0.6) is 0 Å². The topological polar surface area (TPSA) is 66.4 Å². The van der Waals surface area contributed by atoms with E-state index in [1.807, 2.05) is 0 Å². The van der Waals surface area contributed by atoms with E-state index in [1.165, 1.54) is 18.2 Å². The Bertz CT molecular complexity index is 721. The summed E-state index contributed by atoms with van der Waals surface area (Å²) in [5.41, 5.74) is 1.33. The van der Waals surface area contributed by atoms with E-state index in [1.54, 1.807) is 24.4 Å². The summed E-state index contributed by atoms with van der Waals surface area (Å²) in [6.45, 7) is 1.75. The highest BCUT2D eigenvalue weighted by Crippen LogP contribution is 2.22. The summed E-state index contributed by atoms with van der Waals surface area (Å²) in [6.07, 6.45) is 2.28. The lowest BCUT2D eigenvalue weighted by molar-refractivity contribution is -0.131. The molecule has 0 atom stereocenters. The summed E-state index contributed by atoms with van der Waals surface area (Å²) in [5, 5.41) is 12.8. The summed E-state index contributed by atoms with van der Waals surface area (Å²) < 4.78 is 13.7. The van der Waals surface area contributed by atoms with Gasteiger partial charge in [0.2, 0.25) is 0 Å². The van der Waals surface area contributed by atoms with Crippen molar-refractivity contribution in [3.8, 4) is 0 Å². The molecular weight excluding hydrogens is 293 g/mol. The van der Waals surface area contributed by atoms with E-state index in [4.69, 9.17) is 5.11 Å². The van der Waals surface area contributed by atoms with Crippen LogP contribution in [0.1, 0.15) is 20.8 Å². The number of thiophene rings is 1. The van der Waals surface area contributed by atoms with Gasteiger partial charge in [0, 0.05) is 6.08 Å². The second-order valence-electron chi connectivity index (χ2n) is 4.31. The molecule has 0 bridgehead atoms. The van der Waals surface area contributed by atoms with E-state index in [2.05, 4.69) is 5.32 Å². The summed E-state index contributed by atoms with van der Waals surface area (Å²) in [6, 6.07) is 6.14.